The van der Waals surface area contributed by atoms with Crippen molar-refractivity contribution in [3.8, 4) is 33.5 Å². The van der Waals surface area contributed by atoms with Crippen LogP contribution in [0, 0.1) is 29.6 Å². The maximum atomic E-state index is 15.3. The van der Waals surface area contributed by atoms with Crippen LogP contribution in [0.4, 0.5) is 4.79 Å². The minimum atomic E-state index is -3.92. The molecule has 65 heavy (non-hydrogen) atoms. The van der Waals surface area contributed by atoms with Crippen molar-refractivity contribution in [1.82, 2.24) is 30.2 Å². The van der Waals surface area contributed by atoms with E-state index in [9.17, 15) is 22.8 Å². The number of nitrogens with zero attached hydrogens (tertiary/aromatic N) is 3. The van der Waals surface area contributed by atoms with Crippen LogP contribution in [0.15, 0.2) is 60.1 Å². The number of fused-ring (bicyclic) bond motifs is 3. The molecule has 10 atom stereocenters. The van der Waals surface area contributed by atoms with Gasteiger partial charge in [0.05, 0.1) is 23.6 Å². The molecule has 15 nitrogen and oxygen atoms in total. The highest BCUT2D eigenvalue weighted by Gasteiger charge is 2.62. The second-order valence-corrected chi connectivity index (χ2v) is 22.3. The summed E-state index contributed by atoms with van der Waals surface area (Å²) < 4.78 is 46.9. The van der Waals surface area contributed by atoms with Crippen molar-refractivity contribution in [3.05, 3.63) is 60.1 Å². The Morgan fingerprint density at radius 2 is 1.74 bits per heavy atom. The number of ether oxygens (including phenoxy) is 3. The summed E-state index contributed by atoms with van der Waals surface area (Å²) in [5, 5.41) is 7.85. The number of amides is 4. The number of hydrogen-bond donors (Lipinski definition) is 3. The van der Waals surface area contributed by atoms with Crippen LogP contribution in [0.1, 0.15) is 98.3 Å². The molecule has 0 bridgehead atoms. The van der Waals surface area contributed by atoms with Gasteiger partial charge in [-0.3, -0.25) is 19.1 Å². The smallest absolute Gasteiger partial charge is 0.408 e. The van der Waals surface area contributed by atoms with Crippen molar-refractivity contribution >= 4 is 45.2 Å². The average Bonchev–Trinajstić information content (AvgIpc) is 4.22. The van der Waals surface area contributed by atoms with Gasteiger partial charge in [0.25, 0.3) is 5.91 Å². The van der Waals surface area contributed by atoms with Gasteiger partial charge in [-0.05, 0) is 120 Å². The number of thiazole rings is 1. The number of aromatic nitrogens is 2. The number of sulfonamides is 1. The van der Waals surface area contributed by atoms with Crippen LogP contribution in [0.5, 0.6) is 11.5 Å². The lowest BCUT2D eigenvalue weighted by molar-refractivity contribution is -0.142. The van der Waals surface area contributed by atoms with Crippen molar-refractivity contribution in [1.29, 1.82) is 0 Å². The van der Waals surface area contributed by atoms with E-state index in [1.54, 1.807) is 12.3 Å². The van der Waals surface area contributed by atoms with E-state index in [1.165, 1.54) is 22.7 Å². The molecule has 4 aliphatic carbocycles. The molecular weight excluding hydrogens is 869 g/mol. The molecule has 4 saturated carbocycles. The topological polar surface area (TPSA) is 195 Å². The quantitative estimate of drug-likeness (QED) is 0.162. The summed E-state index contributed by atoms with van der Waals surface area (Å²) in [5.41, 5.74) is 0.493. The van der Waals surface area contributed by atoms with Gasteiger partial charge >= 0.3 is 6.09 Å². The number of alkyl carbamates (subject to hydrolysis) is 1. The molecule has 3 aromatic rings. The van der Waals surface area contributed by atoms with Crippen LogP contribution in [0.3, 0.4) is 0 Å². The van der Waals surface area contributed by atoms with E-state index in [1.807, 2.05) is 68.6 Å². The fourth-order valence-electron chi connectivity index (χ4n) is 10.1. The molecule has 0 spiro atoms. The maximum absolute atomic E-state index is 15.3. The van der Waals surface area contributed by atoms with E-state index in [4.69, 9.17) is 19.2 Å². The molecule has 4 heterocycles. The van der Waals surface area contributed by atoms with Gasteiger partial charge in [0.1, 0.15) is 52.0 Å². The fraction of sp³-hybridized carbons (Fsp3) is 0.583. The lowest BCUT2D eigenvalue weighted by Crippen LogP contribution is -2.59. The van der Waals surface area contributed by atoms with E-state index >= 15 is 4.79 Å². The Hall–Kier alpha value is -5.03. The lowest BCUT2D eigenvalue weighted by Gasteiger charge is -2.34. The van der Waals surface area contributed by atoms with Crippen molar-refractivity contribution < 1.29 is 41.8 Å². The molecule has 17 heteroatoms. The van der Waals surface area contributed by atoms with Crippen molar-refractivity contribution in [2.45, 2.75) is 140 Å². The van der Waals surface area contributed by atoms with Gasteiger partial charge in [0.2, 0.25) is 21.8 Å². The second kappa shape index (κ2) is 18.3. The highest BCUT2D eigenvalue weighted by atomic mass is 32.2. The minimum absolute atomic E-state index is 0.00775. The number of carbonyl (C=O) groups excluding carboxylic acids is 4. The van der Waals surface area contributed by atoms with Gasteiger partial charge in [-0.2, -0.15) is 0 Å². The van der Waals surface area contributed by atoms with E-state index < -0.39 is 68.7 Å². The van der Waals surface area contributed by atoms with Crippen molar-refractivity contribution in [2.75, 3.05) is 6.54 Å². The SMILES string of the molecule is CC[C@@H]1C[C@H](C)CC/C=C\[C@@H]2C[C@@]2(C(=O)NS(=O)(=O)C2CC2)NC(=O)[C@@H]2C[C@@H](Oc3cc(-c4ccc(OC(C)C)cc4)nc(-c4nccs4)c3)CN2C(=O)[C@H]1NC(=O)OC1C[C@@H]2C[C@@H]2C1. The highest BCUT2D eigenvalue weighted by molar-refractivity contribution is 7.91. The normalized spacial score (nSPS) is 31.6. The Morgan fingerprint density at radius 3 is 2.43 bits per heavy atom. The molecular formula is C48H60N6O9S2. The van der Waals surface area contributed by atoms with E-state index in [2.05, 4.69) is 27.3 Å². The number of nitrogens with one attached hydrogen (secondary N) is 3. The van der Waals surface area contributed by atoms with Crippen LogP contribution in [-0.2, 0) is 29.1 Å². The molecule has 1 unspecified atom stereocenters. The highest BCUT2D eigenvalue weighted by Crippen LogP contribution is 2.52. The van der Waals surface area contributed by atoms with Gasteiger partial charge in [-0.15, -0.1) is 11.3 Å². The molecule has 3 N–H and O–H groups in total. The Kier molecular flexibility index (Phi) is 12.7. The third-order valence-corrected chi connectivity index (χ3v) is 16.6. The van der Waals surface area contributed by atoms with Crippen LogP contribution in [0.25, 0.3) is 22.0 Å². The van der Waals surface area contributed by atoms with Crippen molar-refractivity contribution in [2.24, 2.45) is 29.6 Å². The molecule has 2 aromatic heterocycles. The van der Waals surface area contributed by atoms with E-state index in [0.29, 0.717) is 66.1 Å². The summed E-state index contributed by atoms with van der Waals surface area (Å²) in [6.45, 7) is 8.05. The number of benzene rings is 1. The number of pyridine rings is 1. The molecule has 6 aliphatic rings. The molecule has 1 saturated heterocycles. The van der Waals surface area contributed by atoms with Crippen LogP contribution in [-0.4, -0.2) is 94.8 Å². The Labute approximate surface area is 384 Å². The zero-order valence-electron chi connectivity index (χ0n) is 37.4. The zero-order chi connectivity index (χ0) is 45.6. The summed E-state index contributed by atoms with van der Waals surface area (Å²) in [4.78, 5) is 68.7. The number of hydrogen-bond acceptors (Lipinski definition) is 12. The predicted octanol–water partition coefficient (Wildman–Crippen LogP) is 6.79. The monoisotopic (exact) mass is 928 g/mol. The maximum Gasteiger partial charge on any atom is 0.408 e. The zero-order valence-corrected chi connectivity index (χ0v) is 39.1. The van der Waals surface area contributed by atoms with E-state index in [0.717, 1.165) is 30.6 Å². The lowest BCUT2D eigenvalue weighted by atomic mass is 9.85. The minimum Gasteiger partial charge on any atom is -0.491 e. The summed E-state index contributed by atoms with van der Waals surface area (Å²) in [5.74, 6) is -0.0344. The third kappa shape index (κ3) is 10.2. The summed E-state index contributed by atoms with van der Waals surface area (Å²) in [7, 11) is -3.92. The third-order valence-electron chi connectivity index (χ3n) is 14.0. The van der Waals surface area contributed by atoms with Crippen molar-refractivity contribution in [3.63, 3.8) is 0 Å². The first-order valence-electron chi connectivity index (χ1n) is 23.4. The molecule has 1 aromatic carbocycles. The first kappa shape index (κ1) is 45.1. The van der Waals surface area contributed by atoms with Crippen LogP contribution in [0.2, 0.25) is 0 Å². The molecule has 9 rings (SSSR count). The van der Waals surface area contributed by atoms with Crippen LogP contribution < -0.4 is 24.8 Å². The molecule has 4 amide bonds. The van der Waals surface area contributed by atoms with Gasteiger partial charge in [0, 0.05) is 41.6 Å². The summed E-state index contributed by atoms with van der Waals surface area (Å²) in [6.07, 6.45) is 10.7. The number of allylic oxidation sites excluding steroid dienone is 1. The van der Waals surface area contributed by atoms with Gasteiger partial charge in [0.15, 0.2) is 0 Å². The first-order valence-corrected chi connectivity index (χ1v) is 25.8. The van der Waals surface area contributed by atoms with Gasteiger partial charge < -0.3 is 29.7 Å². The first-order chi connectivity index (χ1) is 31.2. The number of carbonyl (C=O) groups is 4. The molecule has 348 valence electrons. The molecule has 2 aliphatic heterocycles. The predicted molar refractivity (Wildman–Crippen MR) is 244 cm³/mol. The second-order valence-electron chi connectivity index (χ2n) is 19.4. The summed E-state index contributed by atoms with van der Waals surface area (Å²) >= 11 is 1.43. The Balaban J connectivity index is 1.04. The molecule has 0 radical (unpaired) electrons. The number of rotatable bonds is 12. The standard InChI is InChI=1S/C48H60N6O9S2/c1-5-29-18-28(4)8-6-7-9-33-25-48(33,46(57)53-65(59,60)38-14-15-38)52-43(55)41-24-37(26-54(41)45(56)42(29)51-47(58)63-35-20-31-19-32(31)21-35)62-36-22-39(50-40(23-36)44-49-16-17-64-44)30-10-12-34(13-11-30)61-27(2)3/h7,9-13,16-17,22-23,27-29,31-33,35,37-38,41-42H,5-6,8,14-15,18-21,24-26H2,1-4H3,(H,51,58)(H,52,55)(H,53,57)/b9-7-/t28-,29-,31-,32+,33-,35?,37-,41+,42+,48-/m1/s1. The van der Waals surface area contributed by atoms with Crippen LogP contribution >= 0.6 is 11.3 Å². The van der Waals surface area contributed by atoms with Gasteiger partial charge in [-0.25, -0.2) is 23.2 Å². The Morgan fingerprint density at radius 1 is 0.985 bits per heavy atom. The van der Waals surface area contributed by atoms with E-state index in [-0.39, 0.29) is 43.4 Å². The Bertz CT molecular complexity index is 2400. The largest absolute Gasteiger partial charge is 0.491 e. The summed E-state index contributed by atoms with van der Waals surface area (Å²) in [6, 6.07) is 9.08. The molecule has 5 fully saturated rings. The van der Waals surface area contributed by atoms with Gasteiger partial charge in [-0.1, -0.05) is 32.4 Å². The fourth-order valence-corrected chi connectivity index (χ4v) is 12.1. The average molecular weight is 929 g/mol.